The molecule has 1 amide bonds. The third kappa shape index (κ3) is 2.89. The van der Waals surface area contributed by atoms with E-state index in [9.17, 15) is 4.79 Å². The van der Waals surface area contributed by atoms with Gasteiger partial charge in [-0.05, 0) is 30.9 Å². The molecule has 0 aliphatic heterocycles. The van der Waals surface area contributed by atoms with Crippen LogP contribution in [0.1, 0.15) is 29.2 Å². The summed E-state index contributed by atoms with van der Waals surface area (Å²) in [5, 5.41) is 0. The highest BCUT2D eigenvalue weighted by Crippen LogP contribution is 2.30. The maximum Gasteiger partial charge on any atom is 0.290 e. The van der Waals surface area contributed by atoms with Gasteiger partial charge in [0.15, 0.2) is 5.76 Å². The van der Waals surface area contributed by atoms with E-state index in [-0.39, 0.29) is 5.91 Å². The molecule has 0 unspecified atom stereocenters. The first-order chi connectivity index (χ1) is 8.24. The lowest BCUT2D eigenvalue weighted by atomic mass is 10.3. The summed E-state index contributed by atoms with van der Waals surface area (Å²) in [7, 11) is 0. The van der Waals surface area contributed by atoms with Gasteiger partial charge in [0.25, 0.3) is 5.91 Å². The average molecular weight is 232 g/mol. The second-order valence-corrected chi connectivity index (χ2v) is 4.30. The molecule has 1 fully saturated rings. The van der Waals surface area contributed by atoms with Gasteiger partial charge in [0.1, 0.15) is 5.76 Å². The Morgan fingerprint density at radius 3 is 2.88 bits per heavy atom. The minimum absolute atomic E-state index is 0.144. The molecular weight excluding hydrogens is 216 g/mol. The second-order valence-electron chi connectivity index (χ2n) is 4.30. The molecule has 1 aliphatic carbocycles. The van der Waals surface area contributed by atoms with Crippen LogP contribution in [0.2, 0.25) is 0 Å². The maximum atomic E-state index is 12.1. The molecular formula is C13H16N2O2. The Kier molecular flexibility index (Phi) is 3.50. The molecule has 1 aromatic heterocycles. The van der Waals surface area contributed by atoms with E-state index in [1.165, 1.54) is 12.8 Å². The summed E-state index contributed by atoms with van der Waals surface area (Å²) in [5.74, 6) is 3.91. The summed E-state index contributed by atoms with van der Waals surface area (Å²) < 4.78 is 5.34. The average Bonchev–Trinajstić information content (AvgIpc) is 3.02. The molecule has 4 heteroatoms. The predicted octanol–water partition coefficient (Wildman–Crippen LogP) is 1.22. The second kappa shape index (κ2) is 5.07. The quantitative estimate of drug-likeness (QED) is 0.777. The minimum atomic E-state index is -0.144. The summed E-state index contributed by atoms with van der Waals surface area (Å²) in [5.41, 5.74) is 5.44. The summed E-state index contributed by atoms with van der Waals surface area (Å²) >= 11 is 0. The number of amides is 1. The van der Waals surface area contributed by atoms with Crippen LogP contribution >= 0.6 is 0 Å². The number of hydrogen-bond acceptors (Lipinski definition) is 3. The Balaban J connectivity index is 2.06. The Morgan fingerprint density at radius 1 is 1.59 bits per heavy atom. The molecule has 90 valence electrons. The van der Waals surface area contributed by atoms with Crippen LogP contribution in [0.15, 0.2) is 16.5 Å². The zero-order valence-electron chi connectivity index (χ0n) is 9.69. The lowest BCUT2D eigenvalue weighted by Gasteiger charge is -2.18. The summed E-state index contributed by atoms with van der Waals surface area (Å²) in [4.78, 5) is 13.8. The van der Waals surface area contributed by atoms with Gasteiger partial charge in [-0.1, -0.05) is 5.92 Å². The molecule has 0 radical (unpaired) electrons. The van der Waals surface area contributed by atoms with E-state index in [4.69, 9.17) is 16.6 Å². The number of hydrogen-bond donors (Lipinski definition) is 1. The Labute approximate surface area is 101 Å². The number of rotatable bonds is 5. The molecule has 1 aliphatic rings. The minimum Gasteiger partial charge on any atom is -0.455 e. The molecule has 0 bridgehead atoms. The highest BCUT2D eigenvalue weighted by atomic mass is 16.4. The molecule has 0 spiro atoms. The van der Waals surface area contributed by atoms with Crippen molar-refractivity contribution in [3.8, 4) is 12.3 Å². The molecule has 17 heavy (non-hydrogen) atoms. The van der Waals surface area contributed by atoms with Crippen molar-refractivity contribution in [2.24, 2.45) is 11.7 Å². The van der Waals surface area contributed by atoms with E-state index in [2.05, 4.69) is 5.92 Å². The lowest BCUT2D eigenvalue weighted by molar-refractivity contribution is 0.0736. The third-order valence-electron chi connectivity index (χ3n) is 2.82. The van der Waals surface area contributed by atoms with Gasteiger partial charge in [-0.2, -0.15) is 0 Å². The van der Waals surface area contributed by atoms with Crippen molar-refractivity contribution in [1.29, 1.82) is 0 Å². The van der Waals surface area contributed by atoms with Crippen molar-refractivity contribution < 1.29 is 9.21 Å². The van der Waals surface area contributed by atoms with Crippen LogP contribution < -0.4 is 5.73 Å². The number of nitrogens with zero attached hydrogens (tertiary/aromatic N) is 1. The fourth-order valence-electron chi connectivity index (χ4n) is 1.70. The monoisotopic (exact) mass is 232 g/mol. The van der Waals surface area contributed by atoms with E-state index < -0.39 is 0 Å². The molecule has 0 aromatic carbocycles. The van der Waals surface area contributed by atoms with E-state index in [0.717, 1.165) is 6.54 Å². The molecule has 0 saturated heterocycles. The van der Waals surface area contributed by atoms with Crippen molar-refractivity contribution in [3.63, 3.8) is 0 Å². The van der Waals surface area contributed by atoms with Crippen LogP contribution in [0.5, 0.6) is 0 Å². The molecule has 4 nitrogen and oxygen atoms in total. The first-order valence-electron chi connectivity index (χ1n) is 5.76. The molecule has 1 saturated carbocycles. The zero-order valence-corrected chi connectivity index (χ0v) is 9.69. The number of carbonyl (C=O) groups is 1. The van der Waals surface area contributed by atoms with Crippen molar-refractivity contribution in [2.45, 2.75) is 19.4 Å². The standard InChI is InChI=1S/C13H16N2O2/c1-2-7-15(9-10-3-4-10)13(16)12-6-5-11(8-14)17-12/h1,5-6,10H,3-4,7-9,14H2. The van der Waals surface area contributed by atoms with Gasteiger partial charge >= 0.3 is 0 Å². The van der Waals surface area contributed by atoms with E-state index in [1.54, 1.807) is 17.0 Å². The molecule has 2 rings (SSSR count). The van der Waals surface area contributed by atoms with Crippen molar-refractivity contribution >= 4 is 5.91 Å². The number of carbonyl (C=O) groups excluding carboxylic acids is 1. The van der Waals surface area contributed by atoms with E-state index >= 15 is 0 Å². The van der Waals surface area contributed by atoms with Crippen molar-refractivity contribution in [3.05, 3.63) is 23.7 Å². The van der Waals surface area contributed by atoms with Crippen LogP contribution in [-0.2, 0) is 6.54 Å². The molecule has 1 heterocycles. The smallest absolute Gasteiger partial charge is 0.290 e. The van der Waals surface area contributed by atoms with Crippen LogP contribution in [0.25, 0.3) is 0 Å². The van der Waals surface area contributed by atoms with E-state index in [0.29, 0.717) is 30.5 Å². The van der Waals surface area contributed by atoms with Gasteiger partial charge < -0.3 is 15.1 Å². The molecule has 0 atom stereocenters. The van der Waals surface area contributed by atoms with Crippen LogP contribution in [0.4, 0.5) is 0 Å². The SMILES string of the molecule is C#CCN(CC1CC1)C(=O)c1ccc(CN)o1. The van der Waals surface area contributed by atoms with Gasteiger partial charge in [0, 0.05) is 6.54 Å². The Hall–Kier alpha value is -1.73. The van der Waals surface area contributed by atoms with Gasteiger partial charge in [-0.15, -0.1) is 6.42 Å². The van der Waals surface area contributed by atoms with E-state index in [1.807, 2.05) is 0 Å². The van der Waals surface area contributed by atoms with Gasteiger partial charge in [0.05, 0.1) is 13.1 Å². The first-order valence-corrected chi connectivity index (χ1v) is 5.76. The first kappa shape index (κ1) is 11.7. The summed E-state index contributed by atoms with van der Waals surface area (Å²) in [6.45, 7) is 1.35. The van der Waals surface area contributed by atoms with Crippen molar-refractivity contribution in [1.82, 2.24) is 4.90 Å². The number of nitrogens with two attached hydrogens (primary N) is 1. The Morgan fingerprint density at radius 2 is 2.35 bits per heavy atom. The summed E-state index contributed by atoms with van der Waals surface area (Å²) in [6.07, 6.45) is 7.64. The van der Waals surface area contributed by atoms with Crippen LogP contribution in [0.3, 0.4) is 0 Å². The number of terminal acetylenes is 1. The molecule has 1 aromatic rings. The van der Waals surface area contributed by atoms with Gasteiger partial charge in [-0.3, -0.25) is 4.79 Å². The number of furan rings is 1. The summed E-state index contributed by atoms with van der Waals surface area (Å²) in [6, 6.07) is 3.37. The fraction of sp³-hybridized carbons (Fsp3) is 0.462. The third-order valence-corrected chi connectivity index (χ3v) is 2.82. The van der Waals surface area contributed by atoms with Crippen LogP contribution in [0, 0.1) is 18.3 Å². The highest BCUT2D eigenvalue weighted by molar-refractivity contribution is 5.91. The van der Waals surface area contributed by atoms with Crippen molar-refractivity contribution in [2.75, 3.05) is 13.1 Å². The largest absolute Gasteiger partial charge is 0.455 e. The van der Waals surface area contributed by atoms with Gasteiger partial charge in [0.2, 0.25) is 0 Å². The zero-order chi connectivity index (χ0) is 12.3. The van der Waals surface area contributed by atoms with Gasteiger partial charge in [-0.25, -0.2) is 0 Å². The predicted molar refractivity (Wildman–Crippen MR) is 64.1 cm³/mol. The molecule has 2 N–H and O–H groups in total. The fourth-order valence-corrected chi connectivity index (χ4v) is 1.70. The normalized spacial score (nSPS) is 14.4. The maximum absolute atomic E-state index is 12.1. The lowest BCUT2D eigenvalue weighted by Crippen LogP contribution is -2.33. The van der Waals surface area contributed by atoms with Crippen LogP contribution in [-0.4, -0.2) is 23.9 Å². The Bertz CT molecular complexity index is 441. The topological polar surface area (TPSA) is 59.5 Å². The highest BCUT2D eigenvalue weighted by Gasteiger charge is 2.27.